The van der Waals surface area contributed by atoms with E-state index in [2.05, 4.69) is 31.3 Å². The van der Waals surface area contributed by atoms with Crippen LogP contribution in [0.5, 0.6) is 5.75 Å². The normalized spacial score (nSPS) is 31.6. The lowest BCUT2D eigenvalue weighted by atomic mass is 9.70. The zero-order valence-electron chi connectivity index (χ0n) is 12.8. The van der Waals surface area contributed by atoms with Crippen LogP contribution in [0.1, 0.15) is 50.4 Å². The maximum atomic E-state index is 12.1. The van der Waals surface area contributed by atoms with Gasteiger partial charge in [0.25, 0.3) is 5.91 Å². The molecule has 0 saturated heterocycles. The number of amides is 1. The number of fused-ring (bicyclic) bond motifs is 2. The predicted molar refractivity (Wildman–Crippen MR) is 82.2 cm³/mol. The molecule has 0 aromatic heterocycles. The van der Waals surface area contributed by atoms with Gasteiger partial charge < -0.3 is 5.11 Å². The van der Waals surface area contributed by atoms with Crippen molar-refractivity contribution >= 4 is 11.6 Å². The van der Waals surface area contributed by atoms with E-state index in [-0.39, 0.29) is 28.1 Å². The lowest BCUT2D eigenvalue weighted by Gasteiger charge is -2.34. The van der Waals surface area contributed by atoms with Crippen molar-refractivity contribution in [2.45, 2.75) is 40.0 Å². The Bertz CT molecular complexity index is 621. The number of carbonyl (C=O) groups is 1. The van der Waals surface area contributed by atoms with Crippen molar-refractivity contribution in [2.24, 2.45) is 21.8 Å². The first kappa shape index (κ1) is 14.1. The van der Waals surface area contributed by atoms with Crippen molar-refractivity contribution < 1.29 is 9.90 Å². The van der Waals surface area contributed by atoms with E-state index >= 15 is 0 Å². The van der Waals surface area contributed by atoms with E-state index in [0.717, 1.165) is 18.6 Å². The predicted octanol–water partition coefficient (Wildman–Crippen LogP) is 3.32. The van der Waals surface area contributed by atoms with E-state index in [1.54, 1.807) is 18.2 Å². The van der Waals surface area contributed by atoms with E-state index < -0.39 is 0 Å². The molecule has 0 unspecified atom stereocenters. The van der Waals surface area contributed by atoms with Gasteiger partial charge in [0.2, 0.25) is 0 Å². The average molecular weight is 286 g/mol. The molecule has 2 bridgehead atoms. The second kappa shape index (κ2) is 4.58. The van der Waals surface area contributed by atoms with Gasteiger partial charge in [0.1, 0.15) is 5.75 Å². The van der Waals surface area contributed by atoms with E-state index in [9.17, 15) is 9.90 Å². The molecule has 1 aromatic carbocycles. The standard InChI is InChI=1S/C17H22N2O2/c1-16(2)11-8-9-17(16,3)14(10-11)18-19-15(21)12-6-4-5-7-13(12)20/h4-7,11,20H,8-10H2,1-3H3,(H,19,21)/b18-14+/t11-,17-/m1/s1. The van der Waals surface area contributed by atoms with Gasteiger partial charge in [-0.1, -0.05) is 32.9 Å². The van der Waals surface area contributed by atoms with Crippen molar-refractivity contribution in [1.82, 2.24) is 5.43 Å². The summed E-state index contributed by atoms with van der Waals surface area (Å²) in [5.41, 5.74) is 4.28. The first-order chi connectivity index (χ1) is 9.86. The van der Waals surface area contributed by atoms with E-state index in [1.807, 2.05) is 0 Å². The van der Waals surface area contributed by atoms with Crippen molar-refractivity contribution in [3.8, 4) is 5.75 Å². The summed E-state index contributed by atoms with van der Waals surface area (Å²) < 4.78 is 0. The van der Waals surface area contributed by atoms with Gasteiger partial charge in [-0.3, -0.25) is 4.79 Å². The van der Waals surface area contributed by atoms with Crippen molar-refractivity contribution in [3.63, 3.8) is 0 Å². The number of benzene rings is 1. The van der Waals surface area contributed by atoms with Gasteiger partial charge in [0, 0.05) is 11.1 Å². The molecular formula is C17H22N2O2. The molecule has 0 aliphatic heterocycles. The van der Waals surface area contributed by atoms with Crippen LogP contribution in [-0.2, 0) is 0 Å². The molecule has 4 heteroatoms. The molecule has 4 nitrogen and oxygen atoms in total. The molecule has 112 valence electrons. The Hall–Kier alpha value is -1.84. The zero-order chi connectivity index (χ0) is 15.3. The fourth-order valence-electron chi connectivity index (χ4n) is 3.94. The molecule has 2 aliphatic carbocycles. The van der Waals surface area contributed by atoms with Crippen LogP contribution >= 0.6 is 0 Å². The third-order valence-electron chi connectivity index (χ3n) is 5.95. The van der Waals surface area contributed by atoms with Gasteiger partial charge in [0.15, 0.2) is 0 Å². The summed E-state index contributed by atoms with van der Waals surface area (Å²) in [4.78, 5) is 12.1. The monoisotopic (exact) mass is 286 g/mol. The number of phenols is 1. The lowest BCUT2D eigenvalue weighted by Crippen LogP contribution is -2.34. The Morgan fingerprint density at radius 1 is 1.33 bits per heavy atom. The summed E-state index contributed by atoms with van der Waals surface area (Å²) >= 11 is 0. The molecular weight excluding hydrogens is 264 g/mol. The number of nitrogens with zero attached hydrogens (tertiary/aromatic N) is 1. The summed E-state index contributed by atoms with van der Waals surface area (Å²) in [6.07, 6.45) is 3.34. The maximum absolute atomic E-state index is 12.1. The van der Waals surface area contributed by atoms with Crippen LogP contribution in [-0.4, -0.2) is 16.7 Å². The highest BCUT2D eigenvalue weighted by Gasteiger charge is 2.60. The molecule has 1 amide bonds. The van der Waals surface area contributed by atoms with Gasteiger partial charge in [-0.05, 0) is 42.7 Å². The van der Waals surface area contributed by atoms with Gasteiger partial charge in [-0.15, -0.1) is 0 Å². The van der Waals surface area contributed by atoms with Crippen LogP contribution in [0.4, 0.5) is 0 Å². The Kier molecular flexibility index (Phi) is 3.08. The van der Waals surface area contributed by atoms with Crippen LogP contribution in [0.25, 0.3) is 0 Å². The highest BCUT2D eigenvalue weighted by atomic mass is 16.3. The molecule has 2 saturated carbocycles. The fraction of sp³-hybridized carbons (Fsp3) is 0.529. The van der Waals surface area contributed by atoms with Gasteiger partial charge in [0.05, 0.1) is 5.56 Å². The molecule has 2 fully saturated rings. The number of carbonyl (C=O) groups excluding carboxylic acids is 1. The highest BCUT2D eigenvalue weighted by Crippen LogP contribution is 2.63. The van der Waals surface area contributed by atoms with Crippen LogP contribution in [0.2, 0.25) is 0 Å². The molecule has 1 aromatic rings. The maximum Gasteiger partial charge on any atom is 0.275 e. The van der Waals surface area contributed by atoms with E-state index in [4.69, 9.17) is 0 Å². The van der Waals surface area contributed by atoms with Crippen molar-refractivity contribution in [2.75, 3.05) is 0 Å². The number of aromatic hydroxyl groups is 1. The van der Waals surface area contributed by atoms with Crippen LogP contribution in [0.3, 0.4) is 0 Å². The number of phenolic OH excluding ortho intramolecular Hbond substituents is 1. The Morgan fingerprint density at radius 3 is 2.62 bits per heavy atom. The van der Waals surface area contributed by atoms with Crippen molar-refractivity contribution in [3.05, 3.63) is 29.8 Å². The SMILES string of the molecule is CC1(C)[C@@H]2CC[C@]1(C)/C(=N/NC(=O)c1ccccc1O)C2. The molecule has 0 heterocycles. The Morgan fingerprint density at radius 2 is 2.05 bits per heavy atom. The van der Waals surface area contributed by atoms with E-state index in [1.165, 1.54) is 12.5 Å². The first-order valence-electron chi connectivity index (χ1n) is 7.51. The van der Waals surface area contributed by atoms with Gasteiger partial charge in [-0.25, -0.2) is 5.43 Å². The average Bonchev–Trinajstić information content (AvgIpc) is 2.78. The molecule has 0 spiro atoms. The largest absolute Gasteiger partial charge is 0.507 e. The lowest BCUT2D eigenvalue weighted by molar-refractivity contribution is 0.0951. The topological polar surface area (TPSA) is 61.7 Å². The van der Waals surface area contributed by atoms with Gasteiger partial charge >= 0.3 is 0 Å². The molecule has 21 heavy (non-hydrogen) atoms. The Balaban J connectivity index is 1.79. The Labute approximate surface area is 125 Å². The minimum absolute atomic E-state index is 0.0188. The summed E-state index contributed by atoms with van der Waals surface area (Å²) in [5.74, 6) is 0.280. The molecule has 3 rings (SSSR count). The fourth-order valence-corrected chi connectivity index (χ4v) is 3.94. The van der Waals surface area contributed by atoms with Crippen molar-refractivity contribution in [1.29, 1.82) is 0 Å². The number of hydrazone groups is 1. The first-order valence-corrected chi connectivity index (χ1v) is 7.51. The summed E-state index contributed by atoms with van der Waals surface area (Å²) in [5, 5.41) is 14.1. The quantitative estimate of drug-likeness (QED) is 0.819. The molecule has 0 radical (unpaired) electrons. The molecule has 2 aliphatic rings. The van der Waals surface area contributed by atoms with Crippen LogP contribution in [0, 0.1) is 16.7 Å². The molecule has 2 N–H and O–H groups in total. The third-order valence-corrected chi connectivity index (χ3v) is 5.95. The summed E-state index contributed by atoms with van der Waals surface area (Å²) in [6, 6.07) is 6.52. The number of para-hydroxylation sites is 1. The number of nitrogens with one attached hydrogen (secondary N) is 1. The third kappa shape index (κ3) is 1.96. The summed E-state index contributed by atoms with van der Waals surface area (Å²) in [6.45, 7) is 6.86. The minimum atomic E-state index is -0.357. The van der Waals surface area contributed by atoms with Crippen LogP contribution < -0.4 is 5.43 Å². The smallest absolute Gasteiger partial charge is 0.275 e. The summed E-state index contributed by atoms with van der Waals surface area (Å²) in [7, 11) is 0. The second-order valence-electron chi connectivity index (χ2n) is 7.01. The van der Waals surface area contributed by atoms with Gasteiger partial charge in [-0.2, -0.15) is 5.10 Å². The number of rotatable bonds is 2. The highest BCUT2D eigenvalue weighted by molar-refractivity contribution is 5.99. The zero-order valence-corrected chi connectivity index (χ0v) is 12.8. The second-order valence-corrected chi connectivity index (χ2v) is 7.01. The minimum Gasteiger partial charge on any atom is -0.507 e. The molecule has 2 atom stereocenters. The number of hydrogen-bond donors (Lipinski definition) is 2. The number of hydrogen-bond acceptors (Lipinski definition) is 3. The van der Waals surface area contributed by atoms with Crippen LogP contribution in [0.15, 0.2) is 29.4 Å². The van der Waals surface area contributed by atoms with E-state index in [0.29, 0.717) is 5.92 Å².